The largest absolute Gasteiger partial charge is 0.337 e. The van der Waals surface area contributed by atoms with Gasteiger partial charge < -0.3 is 4.90 Å². The number of piperidine rings is 1. The molecule has 5 nitrogen and oxygen atoms in total. The van der Waals surface area contributed by atoms with Crippen molar-refractivity contribution in [2.75, 3.05) is 20.1 Å². The summed E-state index contributed by atoms with van der Waals surface area (Å²) in [5.41, 5.74) is 2.18. The molecule has 26 heavy (non-hydrogen) atoms. The first-order valence-corrected chi connectivity index (χ1v) is 8.79. The first-order chi connectivity index (χ1) is 12.3. The van der Waals surface area contributed by atoms with Crippen molar-refractivity contribution in [1.82, 2.24) is 19.6 Å². The Morgan fingerprint density at radius 3 is 2.50 bits per heavy atom. The maximum absolute atomic E-state index is 13.3. The molecule has 0 atom stereocenters. The molecule has 0 radical (unpaired) electrons. The predicted octanol–water partition coefficient (Wildman–Crippen LogP) is 2.74. The third kappa shape index (κ3) is 3.93. The van der Waals surface area contributed by atoms with Gasteiger partial charge >= 0.3 is 0 Å². The van der Waals surface area contributed by atoms with E-state index in [1.165, 1.54) is 12.1 Å². The number of halogens is 2. The lowest BCUT2D eigenvalue weighted by Gasteiger charge is -2.36. The monoisotopic (exact) mass is 362 g/mol. The van der Waals surface area contributed by atoms with E-state index in [4.69, 9.17) is 0 Å². The smallest absolute Gasteiger partial charge is 0.274 e. The molecule has 0 unspecified atom stereocenters. The van der Waals surface area contributed by atoms with Crippen LogP contribution >= 0.6 is 0 Å². The number of nitrogens with zero attached hydrogens (tertiary/aromatic N) is 4. The number of rotatable bonds is 4. The molecule has 1 fully saturated rings. The molecule has 140 valence electrons. The maximum Gasteiger partial charge on any atom is 0.274 e. The molecule has 1 saturated heterocycles. The number of aryl methyl sites for hydroxylation is 2. The summed E-state index contributed by atoms with van der Waals surface area (Å²) in [5.74, 6) is -1.70. The Hall–Kier alpha value is -2.28. The van der Waals surface area contributed by atoms with Crippen molar-refractivity contribution in [3.8, 4) is 0 Å². The number of amides is 1. The van der Waals surface area contributed by atoms with E-state index in [0.29, 0.717) is 12.2 Å². The topological polar surface area (TPSA) is 41.4 Å². The van der Waals surface area contributed by atoms with Crippen molar-refractivity contribution in [3.05, 3.63) is 52.9 Å². The van der Waals surface area contributed by atoms with Crippen LogP contribution in [0.4, 0.5) is 8.78 Å². The lowest BCUT2D eigenvalue weighted by atomic mass is 10.0. The zero-order valence-electron chi connectivity index (χ0n) is 15.4. The number of hydrogen-bond donors (Lipinski definition) is 0. The summed E-state index contributed by atoms with van der Waals surface area (Å²) >= 11 is 0. The first kappa shape index (κ1) is 18.5. The Morgan fingerprint density at radius 1 is 1.23 bits per heavy atom. The predicted molar refractivity (Wildman–Crippen MR) is 94.7 cm³/mol. The molecule has 0 spiro atoms. The minimum atomic E-state index is -0.822. The molecule has 2 aromatic rings. The number of hydrogen-bond acceptors (Lipinski definition) is 3. The van der Waals surface area contributed by atoms with Gasteiger partial charge in [0, 0.05) is 45.5 Å². The highest BCUT2D eigenvalue weighted by Gasteiger charge is 2.27. The van der Waals surface area contributed by atoms with Gasteiger partial charge in [-0.25, -0.2) is 8.78 Å². The highest BCUT2D eigenvalue weighted by atomic mass is 19.2. The number of aromatic nitrogens is 2. The van der Waals surface area contributed by atoms with Crippen LogP contribution in [0.5, 0.6) is 0 Å². The van der Waals surface area contributed by atoms with Crippen LogP contribution in [0.2, 0.25) is 0 Å². The van der Waals surface area contributed by atoms with Gasteiger partial charge in [-0.15, -0.1) is 0 Å². The van der Waals surface area contributed by atoms with Crippen LogP contribution in [0, 0.1) is 18.6 Å². The Kier molecular flexibility index (Phi) is 5.36. The van der Waals surface area contributed by atoms with Gasteiger partial charge in [0.1, 0.15) is 0 Å². The normalized spacial score (nSPS) is 16.0. The average molecular weight is 362 g/mol. The van der Waals surface area contributed by atoms with Crippen LogP contribution in [-0.2, 0) is 13.6 Å². The molecule has 1 aliphatic heterocycles. The fraction of sp³-hybridized carbons (Fsp3) is 0.474. The summed E-state index contributed by atoms with van der Waals surface area (Å²) in [4.78, 5) is 16.6. The molecular weight excluding hydrogens is 338 g/mol. The molecule has 1 amide bonds. The zero-order chi connectivity index (χ0) is 18.8. The van der Waals surface area contributed by atoms with E-state index in [0.717, 1.165) is 37.2 Å². The second-order valence-corrected chi connectivity index (χ2v) is 6.97. The lowest BCUT2D eigenvalue weighted by Crippen LogP contribution is -2.45. The van der Waals surface area contributed by atoms with Crippen LogP contribution in [-0.4, -0.2) is 51.7 Å². The third-order valence-corrected chi connectivity index (χ3v) is 5.15. The van der Waals surface area contributed by atoms with Gasteiger partial charge in [-0.1, -0.05) is 6.07 Å². The summed E-state index contributed by atoms with van der Waals surface area (Å²) in [5, 5.41) is 4.26. The van der Waals surface area contributed by atoms with E-state index in [-0.39, 0.29) is 11.9 Å². The van der Waals surface area contributed by atoms with Gasteiger partial charge in [0.25, 0.3) is 5.91 Å². The fourth-order valence-corrected chi connectivity index (χ4v) is 3.37. The van der Waals surface area contributed by atoms with Gasteiger partial charge in [0.2, 0.25) is 0 Å². The standard InChI is InChI=1S/C19H24F2N4O/c1-13-10-18(22-24(13)3)19(26)23(2)15-6-8-25(9-7-15)12-14-4-5-16(20)17(21)11-14/h4-5,10-11,15H,6-9,12H2,1-3H3. The van der Waals surface area contributed by atoms with E-state index < -0.39 is 11.6 Å². The van der Waals surface area contributed by atoms with Crippen molar-refractivity contribution in [2.45, 2.75) is 32.4 Å². The Bertz CT molecular complexity index is 777. The highest BCUT2D eigenvalue weighted by molar-refractivity contribution is 5.92. The van der Waals surface area contributed by atoms with Crippen LogP contribution in [0.3, 0.4) is 0 Å². The summed E-state index contributed by atoms with van der Waals surface area (Å²) in [6, 6.07) is 5.99. The molecule has 0 bridgehead atoms. The SMILES string of the molecule is Cc1cc(C(=O)N(C)C2CCN(Cc3ccc(F)c(F)c3)CC2)nn1C. The van der Waals surface area contributed by atoms with Gasteiger partial charge in [0.05, 0.1) is 0 Å². The van der Waals surface area contributed by atoms with Crippen molar-refractivity contribution < 1.29 is 13.6 Å². The number of carbonyl (C=O) groups excluding carboxylic acids is 1. The van der Waals surface area contributed by atoms with Crippen LogP contribution in [0.15, 0.2) is 24.3 Å². The van der Waals surface area contributed by atoms with Crippen molar-refractivity contribution >= 4 is 5.91 Å². The Morgan fingerprint density at radius 2 is 1.92 bits per heavy atom. The third-order valence-electron chi connectivity index (χ3n) is 5.15. The summed E-state index contributed by atoms with van der Waals surface area (Å²) in [6.45, 7) is 4.12. The Labute approximate surface area is 152 Å². The minimum absolute atomic E-state index is 0.0623. The molecular formula is C19H24F2N4O. The fourth-order valence-electron chi connectivity index (χ4n) is 3.37. The number of carbonyl (C=O) groups is 1. The van der Waals surface area contributed by atoms with Crippen molar-refractivity contribution in [2.24, 2.45) is 7.05 Å². The molecule has 7 heteroatoms. The van der Waals surface area contributed by atoms with Crippen LogP contribution < -0.4 is 0 Å². The van der Waals surface area contributed by atoms with Gasteiger partial charge in [-0.3, -0.25) is 14.4 Å². The van der Waals surface area contributed by atoms with Gasteiger partial charge in [0.15, 0.2) is 17.3 Å². The quantitative estimate of drug-likeness (QED) is 0.840. The van der Waals surface area contributed by atoms with Crippen molar-refractivity contribution in [1.29, 1.82) is 0 Å². The number of likely N-dealkylation sites (tertiary alicyclic amines) is 1. The lowest BCUT2D eigenvalue weighted by molar-refractivity contribution is 0.0630. The van der Waals surface area contributed by atoms with E-state index in [2.05, 4.69) is 10.00 Å². The van der Waals surface area contributed by atoms with Crippen LogP contribution in [0.1, 0.15) is 34.6 Å². The zero-order valence-corrected chi connectivity index (χ0v) is 15.4. The van der Waals surface area contributed by atoms with E-state index >= 15 is 0 Å². The minimum Gasteiger partial charge on any atom is -0.337 e. The highest BCUT2D eigenvalue weighted by Crippen LogP contribution is 2.20. The molecule has 3 rings (SSSR count). The van der Waals surface area contributed by atoms with Gasteiger partial charge in [-0.2, -0.15) is 5.10 Å². The molecule has 1 aromatic carbocycles. The van der Waals surface area contributed by atoms with E-state index in [9.17, 15) is 13.6 Å². The second-order valence-electron chi connectivity index (χ2n) is 6.97. The summed E-state index contributed by atoms with van der Waals surface area (Å²) in [7, 11) is 3.64. The molecule has 1 aromatic heterocycles. The second kappa shape index (κ2) is 7.53. The van der Waals surface area contributed by atoms with Crippen molar-refractivity contribution in [3.63, 3.8) is 0 Å². The number of benzene rings is 1. The molecule has 1 aliphatic rings. The maximum atomic E-state index is 13.3. The van der Waals surface area contributed by atoms with E-state index in [1.54, 1.807) is 21.7 Å². The van der Waals surface area contributed by atoms with Gasteiger partial charge in [-0.05, 0) is 43.5 Å². The van der Waals surface area contributed by atoms with Crippen LogP contribution in [0.25, 0.3) is 0 Å². The summed E-state index contributed by atoms with van der Waals surface area (Å²) in [6.07, 6.45) is 1.69. The Balaban J connectivity index is 1.55. The molecule has 0 saturated carbocycles. The molecule has 2 heterocycles. The first-order valence-electron chi connectivity index (χ1n) is 8.79. The summed E-state index contributed by atoms with van der Waals surface area (Å²) < 4.78 is 28.1. The molecule has 0 N–H and O–H groups in total. The molecule has 0 aliphatic carbocycles. The van der Waals surface area contributed by atoms with E-state index in [1.807, 2.05) is 21.0 Å². The average Bonchev–Trinajstić information content (AvgIpc) is 2.96.